The van der Waals surface area contributed by atoms with Gasteiger partial charge in [0.25, 0.3) is 0 Å². The molecule has 0 bridgehead atoms. The summed E-state index contributed by atoms with van der Waals surface area (Å²) in [4.78, 5) is 71.2. The van der Waals surface area contributed by atoms with Crippen LogP contribution in [-0.2, 0) is 44.6 Å². The van der Waals surface area contributed by atoms with Crippen LogP contribution >= 0.6 is 0 Å². The van der Waals surface area contributed by atoms with Gasteiger partial charge in [0.05, 0.1) is 49.8 Å². The second-order valence-electron chi connectivity index (χ2n) is 15.1. The van der Waals surface area contributed by atoms with Gasteiger partial charge in [0, 0.05) is 34.2 Å². The molecular formula is C40H67N5O8. The SMILES string of the molecule is CCC(C)C(C(CC(=O)N1CCC[C@H]1C(OC)C(C)C(=O)NC(Cc1ccccc1)C(=O)OC)OC)N(C)C(=O)C(NC(=O)C(NC)C(C)C)C(C)C. The molecule has 300 valence electrons. The zero-order valence-corrected chi connectivity index (χ0v) is 34.1. The minimum Gasteiger partial charge on any atom is -0.467 e. The van der Waals surface area contributed by atoms with Crippen LogP contribution in [0, 0.1) is 23.7 Å². The number of hydrogen-bond acceptors (Lipinski definition) is 9. The predicted molar refractivity (Wildman–Crippen MR) is 205 cm³/mol. The van der Waals surface area contributed by atoms with Crippen LogP contribution in [0.1, 0.15) is 79.7 Å². The van der Waals surface area contributed by atoms with Gasteiger partial charge in [0.1, 0.15) is 12.1 Å². The van der Waals surface area contributed by atoms with Crippen LogP contribution in [0.3, 0.4) is 0 Å². The zero-order valence-electron chi connectivity index (χ0n) is 34.1. The van der Waals surface area contributed by atoms with Gasteiger partial charge in [-0.3, -0.25) is 19.2 Å². The number of likely N-dealkylation sites (tertiary alicyclic amines) is 1. The lowest BCUT2D eigenvalue weighted by atomic mass is 9.89. The molecule has 4 amide bonds. The van der Waals surface area contributed by atoms with Crippen molar-refractivity contribution in [2.75, 3.05) is 42.0 Å². The minimum absolute atomic E-state index is 0.00596. The topological polar surface area (TPSA) is 156 Å². The molecule has 1 aliphatic heterocycles. The Morgan fingerprint density at radius 2 is 1.51 bits per heavy atom. The summed E-state index contributed by atoms with van der Waals surface area (Å²) in [6.45, 7) is 14.0. The van der Waals surface area contributed by atoms with E-state index < -0.39 is 48.3 Å². The lowest BCUT2D eigenvalue weighted by molar-refractivity contribution is -0.148. The van der Waals surface area contributed by atoms with E-state index in [9.17, 15) is 24.0 Å². The number of nitrogens with one attached hydrogen (secondary N) is 3. The Balaban J connectivity index is 2.27. The number of ether oxygens (including phenoxy) is 3. The Morgan fingerprint density at radius 3 is 2.02 bits per heavy atom. The number of amides is 4. The van der Waals surface area contributed by atoms with Crippen molar-refractivity contribution in [2.24, 2.45) is 23.7 Å². The van der Waals surface area contributed by atoms with E-state index in [1.54, 1.807) is 37.9 Å². The van der Waals surface area contributed by atoms with Gasteiger partial charge in [-0.2, -0.15) is 0 Å². The van der Waals surface area contributed by atoms with Crippen LogP contribution in [0.2, 0.25) is 0 Å². The van der Waals surface area contributed by atoms with Crippen LogP contribution in [0.5, 0.6) is 0 Å². The third kappa shape index (κ3) is 12.2. The number of methoxy groups -OCH3 is 3. The molecule has 3 N–H and O–H groups in total. The van der Waals surface area contributed by atoms with Gasteiger partial charge in [-0.05, 0) is 43.2 Å². The van der Waals surface area contributed by atoms with Crippen LogP contribution in [0.15, 0.2) is 30.3 Å². The van der Waals surface area contributed by atoms with Gasteiger partial charge in [-0.1, -0.05) is 85.2 Å². The standard InChI is InChI=1S/C40H67N5O8/c1-13-26(6)35(44(9)39(49)34(25(4)5)43-38(48)33(41-8)24(2)3)31(51-10)23-32(46)45-21-17-20-30(45)36(52-11)27(7)37(47)42-29(40(50)53-12)22-28-18-15-14-16-19-28/h14-16,18-19,24-27,29-31,33-36,41H,13,17,20-23H2,1-12H3,(H,42,47)(H,43,48)/t26?,27?,29?,30-,31?,33?,34?,35?,36?/m0/s1. The monoisotopic (exact) mass is 745 g/mol. The lowest BCUT2D eigenvalue weighted by Gasteiger charge is -2.41. The summed E-state index contributed by atoms with van der Waals surface area (Å²) in [7, 11) is 7.81. The molecule has 0 aliphatic carbocycles. The van der Waals surface area contributed by atoms with Crippen molar-refractivity contribution < 1.29 is 38.2 Å². The molecule has 0 aromatic heterocycles. The number of benzene rings is 1. The van der Waals surface area contributed by atoms with E-state index in [1.807, 2.05) is 71.9 Å². The van der Waals surface area contributed by atoms with E-state index in [0.29, 0.717) is 13.0 Å². The molecule has 0 saturated carbocycles. The number of hydrogen-bond donors (Lipinski definition) is 3. The highest BCUT2D eigenvalue weighted by atomic mass is 16.5. The maximum Gasteiger partial charge on any atom is 0.328 e. The second-order valence-corrected chi connectivity index (χ2v) is 15.1. The maximum atomic E-state index is 14.2. The first-order valence-electron chi connectivity index (χ1n) is 19.1. The Bertz CT molecular complexity index is 1330. The third-order valence-corrected chi connectivity index (χ3v) is 10.8. The Hall–Kier alpha value is -3.55. The van der Waals surface area contributed by atoms with Gasteiger partial charge in [0.2, 0.25) is 23.6 Å². The fourth-order valence-electron chi connectivity index (χ4n) is 7.54. The van der Waals surface area contributed by atoms with E-state index in [-0.39, 0.29) is 60.3 Å². The van der Waals surface area contributed by atoms with Crippen molar-refractivity contribution in [3.63, 3.8) is 0 Å². The average Bonchev–Trinajstić information content (AvgIpc) is 3.62. The van der Waals surface area contributed by atoms with Crippen LogP contribution in [-0.4, -0.2) is 124 Å². The fourth-order valence-corrected chi connectivity index (χ4v) is 7.54. The largest absolute Gasteiger partial charge is 0.467 e. The molecule has 13 nitrogen and oxygen atoms in total. The Morgan fingerprint density at radius 1 is 0.887 bits per heavy atom. The maximum absolute atomic E-state index is 14.2. The summed E-state index contributed by atoms with van der Waals surface area (Å²) < 4.78 is 16.9. The van der Waals surface area contributed by atoms with Gasteiger partial charge in [-0.15, -0.1) is 0 Å². The van der Waals surface area contributed by atoms with Crippen molar-refractivity contribution in [2.45, 2.75) is 123 Å². The molecular weight excluding hydrogens is 678 g/mol. The van der Waals surface area contributed by atoms with Crippen molar-refractivity contribution in [1.82, 2.24) is 25.8 Å². The van der Waals surface area contributed by atoms with Crippen molar-refractivity contribution >= 4 is 29.6 Å². The van der Waals surface area contributed by atoms with E-state index >= 15 is 0 Å². The number of carbonyl (C=O) groups excluding carboxylic acids is 5. The molecule has 9 atom stereocenters. The fraction of sp³-hybridized carbons (Fsp3) is 0.725. The Labute approximate surface area is 317 Å². The van der Waals surface area contributed by atoms with E-state index in [1.165, 1.54) is 14.2 Å². The molecule has 1 aromatic rings. The van der Waals surface area contributed by atoms with Crippen molar-refractivity contribution in [3.05, 3.63) is 35.9 Å². The molecule has 1 heterocycles. The minimum atomic E-state index is -0.889. The predicted octanol–water partition coefficient (Wildman–Crippen LogP) is 3.19. The van der Waals surface area contributed by atoms with Gasteiger partial charge in [0.15, 0.2) is 0 Å². The number of carbonyl (C=O) groups is 5. The molecule has 8 unspecified atom stereocenters. The first-order chi connectivity index (χ1) is 25.1. The highest BCUT2D eigenvalue weighted by molar-refractivity contribution is 5.90. The quantitative estimate of drug-likeness (QED) is 0.161. The van der Waals surface area contributed by atoms with E-state index in [2.05, 4.69) is 16.0 Å². The summed E-state index contributed by atoms with van der Waals surface area (Å²) in [6.07, 6.45) is 1.08. The molecule has 1 saturated heterocycles. The summed E-state index contributed by atoms with van der Waals surface area (Å²) in [6, 6.07) is 6.41. The molecule has 2 rings (SSSR count). The molecule has 0 spiro atoms. The van der Waals surface area contributed by atoms with Crippen LogP contribution in [0.25, 0.3) is 0 Å². The molecule has 0 radical (unpaired) electrons. The molecule has 1 fully saturated rings. The summed E-state index contributed by atoms with van der Waals surface area (Å²) >= 11 is 0. The summed E-state index contributed by atoms with van der Waals surface area (Å²) in [5, 5.41) is 8.88. The van der Waals surface area contributed by atoms with Gasteiger partial charge < -0.3 is 40.0 Å². The summed E-state index contributed by atoms with van der Waals surface area (Å²) in [5.41, 5.74) is 0.875. The number of likely N-dealkylation sites (N-methyl/N-ethyl adjacent to an activating group) is 2. The highest BCUT2D eigenvalue weighted by Crippen LogP contribution is 2.30. The first kappa shape index (κ1) is 45.6. The van der Waals surface area contributed by atoms with Crippen LogP contribution in [0.4, 0.5) is 0 Å². The van der Waals surface area contributed by atoms with Gasteiger partial charge >= 0.3 is 5.97 Å². The van der Waals surface area contributed by atoms with Gasteiger partial charge in [-0.25, -0.2) is 4.79 Å². The van der Waals surface area contributed by atoms with Crippen molar-refractivity contribution in [3.8, 4) is 0 Å². The lowest BCUT2D eigenvalue weighted by Crippen LogP contribution is -2.59. The normalized spacial score (nSPS) is 19.1. The number of esters is 1. The molecule has 1 aromatic carbocycles. The summed E-state index contributed by atoms with van der Waals surface area (Å²) in [5.74, 6) is -2.47. The number of rotatable bonds is 21. The number of nitrogens with zero attached hydrogens (tertiary/aromatic N) is 2. The average molecular weight is 746 g/mol. The molecule has 13 heteroatoms. The van der Waals surface area contributed by atoms with E-state index in [4.69, 9.17) is 14.2 Å². The highest BCUT2D eigenvalue weighted by Gasteiger charge is 2.43. The zero-order chi connectivity index (χ0) is 40.0. The Kier molecular flexibility index (Phi) is 18.9. The van der Waals surface area contributed by atoms with Crippen molar-refractivity contribution in [1.29, 1.82) is 0 Å². The smallest absolute Gasteiger partial charge is 0.328 e. The first-order valence-corrected chi connectivity index (χ1v) is 19.1. The molecule has 53 heavy (non-hydrogen) atoms. The second kappa shape index (κ2) is 22.0. The van der Waals surface area contributed by atoms with E-state index in [0.717, 1.165) is 18.4 Å². The molecule has 1 aliphatic rings. The third-order valence-electron chi connectivity index (χ3n) is 10.8. The van der Waals surface area contributed by atoms with Crippen LogP contribution < -0.4 is 16.0 Å².